The van der Waals surface area contributed by atoms with Crippen molar-refractivity contribution >= 4 is 38.1 Å². The van der Waals surface area contributed by atoms with E-state index in [2.05, 4.69) is 5.32 Å². The smallest absolute Gasteiger partial charge is 0.255 e. The van der Waals surface area contributed by atoms with Crippen molar-refractivity contribution in [1.29, 1.82) is 0 Å². The molecule has 0 aromatic heterocycles. The number of sulfonamides is 1. The van der Waals surface area contributed by atoms with E-state index in [1.54, 1.807) is 24.3 Å². The van der Waals surface area contributed by atoms with Gasteiger partial charge in [0, 0.05) is 17.8 Å². The number of rotatable bonds is 3. The first kappa shape index (κ1) is 17.5. The number of amides is 1. The molecular weight excluding hydrogens is 360 g/mol. The van der Waals surface area contributed by atoms with E-state index < -0.39 is 10.0 Å². The number of hydrogen-bond acceptors (Lipinski definition) is 3. The number of carbonyl (C=O) groups excluding carboxylic acids is 1. The van der Waals surface area contributed by atoms with Gasteiger partial charge in [0.25, 0.3) is 5.91 Å². The lowest BCUT2D eigenvalue weighted by atomic mass is 10.1. The highest BCUT2D eigenvalue weighted by atomic mass is 32.2. The summed E-state index contributed by atoms with van der Waals surface area (Å²) in [5, 5.41) is 5.06. The van der Waals surface area contributed by atoms with Crippen LogP contribution in [0.25, 0.3) is 10.8 Å². The number of anilines is 2. The lowest BCUT2D eigenvalue weighted by Gasteiger charge is -2.28. The minimum absolute atomic E-state index is 0.178. The molecule has 0 saturated carbocycles. The molecule has 6 heteroatoms. The Morgan fingerprint density at radius 1 is 0.889 bits per heavy atom. The third kappa shape index (κ3) is 3.66. The fourth-order valence-corrected chi connectivity index (χ4v) is 4.97. The molecule has 5 nitrogen and oxygen atoms in total. The van der Waals surface area contributed by atoms with E-state index in [1.807, 2.05) is 42.5 Å². The Bertz CT molecular complexity index is 1090. The lowest BCUT2D eigenvalue weighted by molar-refractivity contribution is 0.102. The molecule has 0 spiro atoms. The van der Waals surface area contributed by atoms with E-state index in [0.29, 0.717) is 24.2 Å². The summed E-state index contributed by atoms with van der Waals surface area (Å²) in [5.74, 6) is -0.0460. The zero-order valence-corrected chi connectivity index (χ0v) is 15.6. The molecule has 1 heterocycles. The highest BCUT2D eigenvalue weighted by molar-refractivity contribution is 7.92. The SMILES string of the molecule is O=C(Nc1ccc2ccccc2c1)c1ccc(N2CCCCS2(=O)=O)cc1. The van der Waals surface area contributed by atoms with Gasteiger partial charge in [-0.2, -0.15) is 0 Å². The topological polar surface area (TPSA) is 66.5 Å². The Morgan fingerprint density at radius 2 is 1.63 bits per heavy atom. The maximum Gasteiger partial charge on any atom is 0.255 e. The van der Waals surface area contributed by atoms with Crippen molar-refractivity contribution in [1.82, 2.24) is 0 Å². The summed E-state index contributed by atoms with van der Waals surface area (Å²) in [6.45, 7) is 0.491. The van der Waals surface area contributed by atoms with Crippen molar-refractivity contribution in [3.63, 3.8) is 0 Å². The average molecular weight is 380 g/mol. The van der Waals surface area contributed by atoms with Crippen molar-refractivity contribution in [3.8, 4) is 0 Å². The van der Waals surface area contributed by atoms with Crippen LogP contribution in [0.1, 0.15) is 23.2 Å². The van der Waals surface area contributed by atoms with Gasteiger partial charge < -0.3 is 5.32 Å². The van der Waals surface area contributed by atoms with Crippen LogP contribution in [-0.2, 0) is 10.0 Å². The molecule has 0 unspecified atom stereocenters. The Morgan fingerprint density at radius 3 is 2.37 bits per heavy atom. The number of benzene rings is 3. The number of nitrogens with one attached hydrogen (secondary N) is 1. The maximum absolute atomic E-state index is 12.5. The highest BCUT2D eigenvalue weighted by Gasteiger charge is 2.25. The Kier molecular flexibility index (Phi) is 4.58. The molecule has 1 aliphatic rings. The summed E-state index contributed by atoms with van der Waals surface area (Å²) in [4.78, 5) is 12.5. The molecule has 1 N–H and O–H groups in total. The van der Waals surface area contributed by atoms with Crippen LogP contribution < -0.4 is 9.62 Å². The second-order valence-corrected chi connectivity index (χ2v) is 8.67. The molecule has 138 valence electrons. The van der Waals surface area contributed by atoms with Gasteiger partial charge in [-0.05, 0) is 60.0 Å². The summed E-state index contributed by atoms with van der Waals surface area (Å²) in [5.41, 5.74) is 1.82. The summed E-state index contributed by atoms with van der Waals surface area (Å²) >= 11 is 0. The van der Waals surface area contributed by atoms with Crippen molar-refractivity contribution in [2.24, 2.45) is 0 Å². The van der Waals surface area contributed by atoms with Gasteiger partial charge in [0.1, 0.15) is 0 Å². The molecule has 0 atom stereocenters. The van der Waals surface area contributed by atoms with Gasteiger partial charge in [-0.25, -0.2) is 8.42 Å². The van der Waals surface area contributed by atoms with Crippen LogP contribution in [0.2, 0.25) is 0 Å². The molecule has 3 aromatic carbocycles. The van der Waals surface area contributed by atoms with Crippen molar-refractivity contribution in [2.75, 3.05) is 21.9 Å². The Labute approximate surface area is 158 Å². The van der Waals surface area contributed by atoms with Crippen LogP contribution in [0.4, 0.5) is 11.4 Å². The van der Waals surface area contributed by atoms with Crippen LogP contribution in [-0.4, -0.2) is 26.6 Å². The summed E-state index contributed by atoms with van der Waals surface area (Å²) in [6, 6.07) is 20.4. The molecule has 1 fully saturated rings. The number of nitrogens with zero attached hydrogens (tertiary/aromatic N) is 1. The van der Waals surface area contributed by atoms with Crippen LogP contribution in [0.5, 0.6) is 0 Å². The minimum Gasteiger partial charge on any atom is -0.322 e. The third-order valence-electron chi connectivity index (χ3n) is 4.77. The predicted octanol–water partition coefficient (Wildman–Crippen LogP) is 4.02. The molecular formula is C21H20N2O3S. The highest BCUT2D eigenvalue weighted by Crippen LogP contribution is 2.24. The summed E-state index contributed by atoms with van der Waals surface area (Å²) in [6.07, 6.45) is 1.55. The first-order chi connectivity index (χ1) is 13.0. The number of hydrogen-bond donors (Lipinski definition) is 1. The van der Waals surface area contributed by atoms with E-state index in [-0.39, 0.29) is 11.7 Å². The monoisotopic (exact) mass is 380 g/mol. The van der Waals surface area contributed by atoms with Crippen LogP contribution >= 0.6 is 0 Å². The van der Waals surface area contributed by atoms with E-state index in [4.69, 9.17) is 0 Å². The molecule has 0 aliphatic carbocycles. The number of carbonyl (C=O) groups is 1. The second-order valence-electron chi connectivity index (χ2n) is 6.66. The van der Waals surface area contributed by atoms with Gasteiger partial charge in [0.15, 0.2) is 0 Å². The van der Waals surface area contributed by atoms with E-state index in [0.717, 1.165) is 22.9 Å². The molecule has 0 bridgehead atoms. The first-order valence-electron chi connectivity index (χ1n) is 8.94. The fourth-order valence-electron chi connectivity index (χ4n) is 3.33. The van der Waals surface area contributed by atoms with Crippen molar-refractivity contribution in [3.05, 3.63) is 72.3 Å². The van der Waals surface area contributed by atoms with Crippen molar-refractivity contribution < 1.29 is 13.2 Å². The van der Waals surface area contributed by atoms with Crippen LogP contribution in [0.15, 0.2) is 66.7 Å². The fraction of sp³-hybridized carbons (Fsp3) is 0.190. The van der Waals surface area contributed by atoms with Gasteiger partial charge in [0.2, 0.25) is 10.0 Å². The van der Waals surface area contributed by atoms with E-state index in [9.17, 15) is 13.2 Å². The quantitative estimate of drug-likeness (QED) is 0.746. The average Bonchev–Trinajstić information content (AvgIpc) is 2.68. The maximum atomic E-state index is 12.5. The molecule has 3 aromatic rings. The van der Waals surface area contributed by atoms with Gasteiger partial charge >= 0.3 is 0 Å². The van der Waals surface area contributed by atoms with Gasteiger partial charge in [-0.3, -0.25) is 9.10 Å². The Hall–Kier alpha value is -2.86. The Balaban J connectivity index is 1.52. The first-order valence-corrected chi connectivity index (χ1v) is 10.5. The summed E-state index contributed by atoms with van der Waals surface area (Å²) < 4.78 is 25.8. The van der Waals surface area contributed by atoms with Gasteiger partial charge in [-0.15, -0.1) is 0 Å². The minimum atomic E-state index is -3.25. The van der Waals surface area contributed by atoms with E-state index in [1.165, 1.54) is 4.31 Å². The summed E-state index contributed by atoms with van der Waals surface area (Å²) in [7, 11) is -3.25. The molecule has 1 saturated heterocycles. The van der Waals surface area contributed by atoms with Crippen molar-refractivity contribution in [2.45, 2.75) is 12.8 Å². The van der Waals surface area contributed by atoms with Crippen LogP contribution in [0, 0.1) is 0 Å². The molecule has 27 heavy (non-hydrogen) atoms. The normalized spacial score (nSPS) is 16.2. The van der Waals surface area contributed by atoms with E-state index >= 15 is 0 Å². The van der Waals surface area contributed by atoms with Gasteiger partial charge in [0.05, 0.1) is 11.4 Å². The van der Waals surface area contributed by atoms with Crippen LogP contribution in [0.3, 0.4) is 0 Å². The standard InChI is InChI=1S/C21H20N2O3S/c24-21(22-19-10-7-16-5-1-2-6-18(16)15-19)17-8-11-20(12-9-17)23-13-3-4-14-27(23,25)26/h1-2,5-12,15H,3-4,13-14H2,(H,22,24). The molecule has 4 rings (SSSR count). The van der Waals surface area contributed by atoms with Gasteiger partial charge in [-0.1, -0.05) is 30.3 Å². The predicted molar refractivity (Wildman–Crippen MR) is 109 cm³/mol. The molecule has 1 aliphatic heterocycles. The molecule has 1 amide bonds. The largest absolute Gasteiger partial charge is 0.322 e. The zero-order valence-electron chi connectivity index (χ0n) is 14.8. The molecule has 0 radical (unpaired) electrons. The zero-order chi connectivity index (χ0) is 18.9. The number of fused-ring (bicyclic) bond motifs is 1. The third-order valence-corrected chi connectivity index (χ3v) is 6.64. The second kappa shape index (κ2) is 7.04. The lowest BCUT2D eigenvalue weighted by Crippen LogP contribution is -2.37.